The number of aromatic nitrogens is 2. The van der Waals surface area contributed by atoms with Gasteiger partial charge in [-0.15, -0.1) is 0 Å². The maximum atomic E-state index is 15.0. The Kier molecular flexibility index (Phi) is 6.16. The Morgan fingerprint density at radius 1 is 1.09 bits per heavy atom. The van der Waals surface area contributed by atoms with Gasteiger partial charge in [-0.2, -0.15) is 18.3 Å². The van der Waals surface area contributed by atoms with Crippen LogP contribution in [0.2, 0.25) is 0 Å². The molecular weight excluding hydrogens is 436 g/mol. The second-order valence-electron chi connectivity index (χ2n) is 8.64. The second kappa shape index (κ2) is 8.15. The van der Waals surface area contributed by atoms with Crippen molar-refractivity contribution in [3.8, 4) is 11.1 Å². The Labute approximate surface area is 182 Å². The van der Waals surface area contributed by atoms with Crippen molar-refractivity contribution in [1.29, 1.82) is 0 Å². The van der Waals surface area contributed by atoms with Crippen LogP contribution >= 0.6 is 0 Å². The third-order valence-electron chi connectivity index (χ3n) is 5.75. The zero-order chi connectivity index (χ0) is 24.1. The molecule has 3 rings (SSSR count). The van der Waals surface area contributed by atoms with Gasteiger partial charge in [-0.05, 0) is 34.1 Å². The van der Waals surface area contributed by atoms with E-state index in [1.54, 1.807) is 27.7 Å². The quantitative estimate of drug-likeness (QED) is 0.531. The maximum absolute atomic E-state index is 15.0. The van der Waals surface area contributed by atoms with Gasteiger partial charge in [0.25, 0.3) is 0 Å². The van der Waals surface area contributed by atoms with Gasteiger partial charge in [-0.3, -0.25) is 9.48 Å². The molecule has 0 radical (unpaired) electrons. The van der Waals surface area contributed by atoms with Crippen LogP contribution in [0.15, 0.2) is 18.3 Å². The van der Waals surface area contributed by atoms with Crippen LogP contribution < -0.4 is 11.2 Å². The van der Waals surface area contributed by atoms with E-state index in [9.17, 15) is 26.7 Å². The van der Waals surface area contributed by atoms with Crippen LogP contribution in [0, 0.1) is 11.6 Å². The molecule has 1 fully saturated rings. The lowest BCUT2D eigenvalue weighted by Gasteiger charge is -2.32. The highest BCUT2D eigenvalue weighted by molar-refractivity contribution is 6.62. The van der Waals surface area contributed by atoms with E-state index in [-0.39, 0.29) is 24.8 Å². The summed E-state index contributed by atoms with van der Waals surface area (Å²) in [5.74, 6) is -3.45. The minimum absolute atomic E-state index is 0.0533. The van der Waals surface area contributed by atoms with Crippen LogP contribution in [0.3, 0.4) is 0 Å². The molecule has 1 aliphatic rings. The minimum atomic E-state index is -4.91. The van der Waals surface area contributed by atoms with Gasteiger partial charge >= 0.3 is 13.3 Å². The molecule has 174 valence electrons. The van der Waals surface area contributed by atoms with Crippen molar-refractivity contribution in [2.75, 3.05) is 0 Å². The molecule has 0 spiro atoms. The van der Waals surface area contributed by atoms with Gasteiger partial charge in [0.1, 0.15) is 0 Å². The number of aryl methyl sites for hydroxylation is 1. The van der Waals surface area contributed by atoms with Crippen LogP contribution in [0.25, 0.3) is 11.1 Å². The number of benzene rings is 1. The first-order chi connectivity index (χ1) is 14.6. The monoisotopic (exact) mass is 459 g/mol. The van der Waals surface area contributed by atoms with E-state index >= 15 is 0 Å². The Balaban J connectivity index is 1.99. The maximum Gasteiger partial charge on any atom is 0.497 e. The minimum Gasteiger partial charge on any atom is -0.399 e. The van der Waals surface area contributed by atoms with E-state index in [4.69, 9.17) is 15.0 Å². The summed E-state index contributed by atoms with van der Waals surface area (Å²) in [5, 5.41) is 3.46. The number of hydrogen-bond donors (Lipinski definition) is 1. The molecule has 2 N–H and O–H groups in total. The summed E-state index contributed by atoms with van der Waals surface area (Å²) in [4.78, 5) is 10.8. The van der Waals surface area contributed by atoms with Crippen LogP contribution in [0.5, 0.6) is 0 Å². The van der Waals surface area contributed by atoms with E-state index in [0.717, 1.165) is 23.0 Å². The molecule has 2 aromatic rings. The lowest BCUT2D eigenvalue weighted by molar-refractivity contribution is -0.141. The number of nitrogens with zero attached hydrogens (tertiary/aromatic N) is 2. The van der Waals surface area contributed by atoms with Gasteiger partial charge in [-0.1, -0.05) is 12.1 Å². The molecule has 1 aromatic heterocycles. The third kappa shape index (κ3) is 4.51. The number of carbonyl (C=O) groups excluding carboxylic acids is 1. The molecule has 0 bridgehead atoms. The van der Waals surface area contributed by atoms with E-state index in [0.29, 0.717) is 0 Å². The Morgan fingerprint density at radius 3 is 2.22 bits per heavy atom. The predicted octanol–water partition coefficient (Wildman–Crippen LogP) is 3.41. The lowest BCUT2D eigenvalue weighted by atomic mass is 9.78. The fourth-order valence-electron chi connectivity index (χ4n) is 3.28. The van der Waals surface area contributed by atoms with Gasteiger partial charge < -0.3 is 15.0 Å². The van der Waals surface area contributed by atoms with Crippen LogP contribution in [0.4, 0.5) is 22.0 Å². The van der Waals surface area contributed by atoms with Crippen molar-refractivity contribution in [3.63, 3.8) is 0 Å². The first kappa shape index (κ1) is 24.2. The highest BCUT2D eigenvalue weighted by Crippen LogP contribution is 2.39. The molecular formula is C20H23BF5N3O3. The molecule has 0 atom stereocenters. The van der Waals surface area contributed by atoms with Crippen molar-refractivity contribution < 1.29 is 36.1 Å². The van der Waals surface area contributed by atoms with Crippen molar-refractivity contribution in [3.05, 3.63) is 35.7 Å². The van der Waals surface area contributed by atoms with Crippen molar-refractivity contribution in [2.45, 2.75) is 64.5 Å². The standard InChI is InChI=1S/C20H23BF5N3O3/c1-18(2)19(3,4)32-21(31-18)13-8-7-11(15(22)16(13)23)12-10-29(9-5-6-14(27)30)28-17(12)20(24,25)26/h7-8,10H,5-6,9H2,1-4H3,(H2,27,30). The van der Waals surface area contributed by atoms with Crippen LogP contribution in [-0.4, -0.2) is 34.0 Å². The van der Waals surface area contributed by atoms with E-state index in [1.165, 1.54) is 0 Å². The first-order valence-corrected chi connectivity index (χ1v) is 9.91. The number of amides is 1. The third-order valence-corrected chi connectivity index (χ3v) is 5.75. The smallest absolute Gasteiger partial charge is 0.399 e. The summed E-state index contributed by atoms with van der Waals surface area (Å²) >= 11 is 0. The molecule has 0 aliphatic carbocycles. The normalized spacial score (nSPS) is 17.7. The topological polar surface area (TPSA) is 79.4 Å². The van der Waals surface area contributed by atoms with Crippen LogP contribution in [0.1, 0.15) is 46.2 Å². The van der Waals surface area contributed by atoms with Crippen molar-refractivity contribution in [2.24, 2.45) is 5.73 Å². The molecule has 1 saturated heterocycles. The van der Waals surface area contributed by atoms with Crippen molar-refractivity contribution >= 4 is 18.5 Å². The van der Waals surface area contributed by atoms with Crippen molar-refractivity contribution in [1.82, 2.24) is 9.78 Å². The van der Waals surface area contributed by atoms with Gasteiger partial charge in [0.05, 0.1) is 11.2 Å². The molecule has 6 nitrogen and oxygen atoms in total. The highest BCUT2D eigenvalue weighted by Gasteiger charge is 2.52. The van der Waals surface area contributed by atoms with Gasteiger partial charge in [0.15, 0.2) is 17.3 Å². The summed E-state index contributed by atoms with van der Waals surface area (Å²) < 4.78 is 82.8. The molecule has 12 heteroatoms. The fraction of sp³-hybridized carbons (Fsp3) is 0.500. The van der Waals surface area contributed by atoms with Crippen LogP contribution in [-0.2, 0) is 26.8 Å². The summed E-state index contributed by atoms with van der Waals surface area (Å²) in [6.07, 6.45) is -3.85. The molecule has 0 saturated carbocycles. The Morgan fingerprint density at radius 2 is 1.69 bits per heavy atom. The number of carbonyl (C=O) groups is 1. The van der Waals surface area contributed by atoms with E-state index in [1.807, 2.05) is 0 Å². The van der Waals surface area contributed by atoms with Gasteiger partial charge in [0.2, 0.25) is 5.91 Å². The number of rotatable bonds is 6. The molecule has 1 amide bonds. The SMILES string of the molecule is CC1(C)OB(c2ccc(-c3cn(CCCC(N)=O)nc3C(F)(F)F)c(F)c2F)OC1(C)C. The molecule has 1 aromatic carbocycles. The summed E-state index contributed by atoms with van der Waals surface area (Å²) in [6.45, 7) is 6.88. The Bertz CT molecular complexity index is 1020. The number of hydrogen-bond acceptors (Lipinski definition) is 4. The zero-order valence-corrected chi connectivity index (χ0v) is 18.0. The Hall–Kier alpha value is -2.47. The van der Waals surface area contributed by atoms with E-state index in [2.05, 4.69) is 5.10 Å². The summed E-state index contributed by atoms with van der Waals surface area (Å²) in [7, 11) is -1.22. The number of halogens is 5. The molecule has 2 heterocycles. The fourth-order valence-corrected chi connectivity index (χ4v) is 3.28. The predicted molar refractivity (Wildman–Crippen MR) is 107 cm³/mol. The van der Waals surface area contributed by atoms with Gasteiger partial charge in [0, 0.05) is 35.8 Å². The molecule has 0 unspecified atom stereocenters. The average molecular weight is 459 g/mol. The largest absolute Gasteiger partial charge is 0.497 e. The summed E-state index contributed by atoms with van der Waals surface area (Å²) in [6, 6.07) is 2.18. The average Bonchev–Trinajstić information content (AvgIpc) is 3.15. The highest BCUT2D eigenvalue weighted by atomic mass is 19.4. The molecule has 32 heavy (non-hydrogen) atoms. The first-order valence-electron chi connectivity index (χ1n) is 9.91. The van der Waals surface area contributed by atoms with E-state index < -0.39 is 58.9 Å². The number of nitrogens with two attached hydrogens (primary N) is 1. The second-order valence-corrected chi connectivity index (χ2v) is 8.64. The zero-order valence-electron chi connectivity index (χ0n) is 18.0. The summed E-state index contributed by atoms with van der Waals surface area (Å²) in [5.41, 5.74) is 0.568. The number of primary amides is 1. The van der Waals surface area contributed by atoms with Gasteiger partial charge in [-0.25, -0.2) is 8.78 Å². The lowest BCUT2D eigenvalue weighted by Crippen LogP contribution is -2.41. The number of alkyl halides is 3. The molecule has 1 aliphatic heterocycles.